The van der Waals surface area contributed by atoms with Crippen LogP contribution in [0.25, 0.3) is 0 Å². The summed E-state index contributed by atoms with van der Waals surface area (Å²) in [6.45, 7) is 11.1. The summed E-state index contributed by atoms with van der Waals surface area (Å²) in [4.78, 5) is 6.66. The maximum atomic E-state index is 3.44. The Bertz CT molecular complexity index is 1350. The minimum absolute atomic E-state index is 0.570. The zero-order chi connectivity index (χ0) is 42.0. The fraction of sp³-hybridized carbons (Fsp3) is 1.00. The second kappa shape index (κ2) is 18.8. The average molecular weight is 851 g/mol. The first kappa shape index (κ1) is 44.4. The van der Waals surface area contributed by atoms with Gasteiger partial charge in [-0.05, 0) is 249 Å². The second-order valence-corrected chi connectivity index (χ2v) is 27.5. The number of nitrogens with zero attached hydrogens (tertiary/aromatic N) is 2. The molecule has 11 aliphatic rings. The lowest BCUT2D eigenvalue weighted by molar-refractivity contribution is -0.0395. The van der Waals surface area contributed by atoms with Crippen molar-refractivity contribution in [3.8, 4) is 0 Å². The minimum atomic E-state index is 0.570. The van der Waals surface area contributed by atoms with E-state index in [1.165, 1.54) is 89.9 Å². The molecule has 0 spiro atoms. The number of fused-ring (bicyclic) bond motifs is 6. The molecule has 11 rings (SSSR count). The van der Waals surface area contributed by atoms with Gasteiger partial charge in [-0.25, -0.2) is 0 Å². The van der Waals surface area contributed by atoms with Gasteiger partial charge in [-0.15, -0.1) is 0 Å². The van der Waals surface area contributed by atoms with Crippen molar-refractivity contribution in [3.63, 3.8) is 0 Å². The van der Waals surface area contributed by atoms with E-state index < -0.39 is 0 Å². The predicted octanol–water partition coefficient (Wildman–Crippen LogP) is 16.4. The van der Waals surface area contributed by atoms with Crippen LogP contribution in [0.15, 0.2) is 0 Å². The van der Waals surface area contributed by atoms with Crippen LogP contribution in [0.3, 0.4) is 0 Å². The van der Waals surface area contributed by atoms with Crippen LogP contribution in [0.5, 0.6) is 0 Å². The predicted molar refractivity (Wildman–Crippen MR) is 262 cm³/mol. The fourth-order valence-corrected chi connectivity index (χ4v) is 21.7. The van der Waals surface area contributed by atoms with E-state index in [1.54, 1.807) is 141 Å². The molecule has 0 radical (unpaired) electrons. The smallest absolute Gasteiger partial charge is 0.0104 e. The standard InChI is InChI=1S/C60H102N2/c1-59(2)55-21-13-11-19-51(55)53-37-35-49(39-57(53)59)62(50-36-38-54-52-20-12-14-22-56(52)60(3,4)58(54)40-50)48-33-29-44(30-34-48)42-25-23-41(24-26-42)43-27-31-47(32-28-43)61(45-15-7-5-8-16-45)46-17-9-6-10-18-46/h41-58H,5-40H2,1-4H3. The first-order valence-electron chi connectivity index (χ1n) is 29.8. The number of hydrogen-bond donors (Lipinski definition) is 0. The Morgan fingerprint density at radius 3 is 0.903 bits per heavy atom. The molecule has 10 unspecified atom stereocenters. The van der Waals surface area contributed by atoms with Crippen molar-refractivity contribution in [2.45, 2.75) is 295 Å². The maximum absolute atomic E-state index is 3.44. The molecule has 352 valence electrons. The molecule has 0 saturated heterocycles. The molecular weight excluding hydrogens is 749 g/mol. The van der Waals surface area contributed by atoms with Crippen molar-refractivity contribution in [2.75, 3.05) is 0 Å². The molecular formula is C60H102N2. The summed E-state index contributed by atoms with van der Waals surface area (Å²) in [5.74, 6) is 12.5. The molecule has 0 aromatic rings. The van der Waals surface area contributed by atoms with Crippen LogP contribution in [-0.2, 0) is 0 Å². The maximum Gasteiger partial charge on any atom is 0.0104 e. The quantitative estimate of drug-likeness (QED) is 0.240. The van der Waals surface area contributed by atoms with Gasteiger partial charge in [-0.3, -0.25) is 9.80 Å². The van der Waals surface area contributed by atoms with Gasteiger partial charge in [-0.2, -0.15) is 0 Å². The Labute approximate surface area is 385 Å². The Hall–Kier alpha value is -0.0800. The van der Waals surface area contributed by atoms with E-state index in [0.29, 0.717) is 10.8 Å². The highest BCUT2D eigenvalue weighted by Gasteiger charge is 2.60. The summed E-state index contributed by atoms with van der Waals surface area (Å²) in [6.07, 6.45) is 55.6. The van der Waals surface area contributed by atoms with Crippen molar-refractivity contribution in [1.29, 1.82) is 0 Å². The Morgan fingerprint density at radius 1 is 0.242 bits per heavy atom. The fourth-order valence-electron chi connectivity index (χ4n) is 21.7. The summed E-state index contributed by atoms with van der Waals surface area (Å²) >= 11 is 0. The molecule has 0 aliphatic heterocycles. The summed E-state index contributed by atoms with van der Waals surface area (Å²) < 4.78 is 0. The highest BCUT2D eigenvalue weighted by atomic mass is 15.2. The normalized spacial score (nSPS) is 47.7. The van der Waals surface area contributed by atoms with Crippen LogP contribution in [0.4, 0.5) is 0 Å². The van der Waals surface area contributed by atoms with Crippen LogP contribution >= 0.6 is 0 Å². The highest BCUT2D eigenvalue weighted by molar-refractivity contribution is 5.10. The molecule has 0 aromatic heterocycles. The van der Waals surface area contributed by atoms with Gasteiger partial charge >= 0.3 is 0 Å². The molecule has 11 fully saturated rings. The number of rotatable bonds is 8. The van der Waals surface area contributed by atoms with E-state index in [2.05, 4.69) is 37.5 Å². The van der Waals surface area contributed by atoms with E-state index in [1.807, 2.05) is 0 Å². The van der Waals surface area contributed by atoms with Crippen LogP contribution in [0.2, 0.25) is 0 Å². The third kappa shape index (κ3) is 8.34. The van der Waals surface area contributed by atoms with Gasteiger partial charge in [0.1, 0.15) is 0 Å². The summed E-state index contributed by atoms with van der Waals surface area (Å²) in [6, 6.07) is 5.45. The lowest BCUT2D eigenvalue weighted by Gasteiger charge is -2.53. The van der Waals surface area contributed by atoms with Crippen LogP contribution in [0, 0.1) is 81.8 Å². The first-order chi connectivity index (χ1) is 30.3. The largest absolute Gasteiger partial charge is 0.294 e. The van der Waals surface area contributed by atoms with Crippen LogP contribution in [-0.4, -0.2) is 46.1 Å². The molecule has 0 amide bonds. The lowest BCUT2D eigenvalue weighted by atomic mass is 9.64. The molecule has 11 saturated carbocycles. The molecule has 2 heteroatoms. The van der Waals surface area contributed by atoms with Gasteiger partial charge in [0.2, 0.25) is 0 Å². The van der Waals surface area contributed by atoms with Crippen LogP contribution < -0.4 is 0 Å². The second-order valence-electron chi connectivity index (χ2n) is 27.5. The van der Waals surface area contributed by atoms with Gasteiger partial charge < -0.3 is 0 Å². The van der Waals surface area contributed by atoms with Gasteiger partial charge in [0.25, 0.3) is 0 Å². The third-order valence-electron chi connectivity index (χ3n) is 24.6. The van der Waals surface area contributed by atoms with E-state index in [-0.39, 0.29) is 0 Å². The SMILES string of the molecule is CC1(C)C2CCCCC2C2CCC(N(C3CCC(C4CCC(C5CCC(N(C6CCCCC6)C6CCCCC6)CC5)CC4)CC3)C3CCC4C5CCCCC5C(C)(C)C4C3)CC21. The van der Waals surface area contributed by atoms with E-state index in [4.69, 9.17) is 0 Å². The molecule has 0 bridgehead atoms. The van der Waals surface area contributed by atoms with E-state index in [0.717, 1.165) is 107 Å². The van der Waals surface area contributed by atoms with E-state index >= 15 is 0 Å². The summed E-state index contributed by atoms with van der Waals surface area (Å²) in [7, 11) is 0. The summed E-state index contributed by atoms with van der Waals surface area (Å²) in [5.41, 5.74) is 1.14. The first-order valence-corrected chi connectivity index (χ1v) is 29.8. The highest BCUT2D eigenvalue weighted by Crippen LogP contribution is 2.66. The molecule has 2 nitrogen and oxygen atoms in total. The van der Waals surface area contributed by atoms with Gasteiger partial charge in [-0.1, -0.05) is 91.9 Å². The zero-order valence-corrected chi connectivity index (χ0v) is 41.7. The number of hydrogen-bond acceptors (Lipinski definition) is 2. The van der Waals surface area contributed by atoms with Crippen molar-refractivity contribution >= 4 is 0 Å². The topological polar surface area (TPSA) is 6.48 Å². The minimum Gasteiger partial charge on any atom is -0.294 e. The van der Waals surface area contributed by atoms with Gasteiger partial charge in [0, 0.05) is 36.3 Å². The molecule has 0 heterocycles. The Kier molecular flexibility index (Phi) is 13.5. The van der Waals surface area contributed by atoms with Gasteiger partial charge in [0.15, 0.2) is 0 Å². The molecule has 62 heavy (non-hydrogen) atoms. The van der Waals surface area contributed by atoms with Crippen molar-refractivity contribution in [1.82, 2.24) is 9.80 Å². The molecule has 11 aliphatic carbocycles. The van der Waals surface area contributed by atoms with Gasteiger partial charge in [0.05, 0.1) is 0 Å². The van der Waals surface area contributed by atoms with Crippen LogP contribution in [0.1, 0.15) is 259 Å². The third-order valence-corrected chi connectivity index (χ3v) is 24.6. The lowest BCUT2D eigenvalue weighted by Crippen LogP contribution is -2.55. The van der Waals surface area contributed by atoms with Crippen molar-refractivity contribution in [2.24, 2.45) is 81.8 Å². The molecule has 0 N–H and O–H groups in total. The monoisotopic (exact) mass is 851 g/mol. The molecule has 0 aromatic carbocycles. The van der Waals surface area contributed by atoms with E-state index in [9.17, 15) is 0 Å². The molecule has 10 atom stereocenters. The zero-order valence-electron chi connectivity index (χ0n) is 41.7. The summed E-state index contributed by atoms with van der Waals surface area (Å²) in [5, 5.41) is 0. The Balaban J connectivity index is 0.723. The van der Waals surface area contributed by atoms with Crippen molar-refractivity contribution < 1.29 is 0 Å². The Morgan fingerprint density at radius 2 is 0.516 bits per heavy atom. The average Bonchev–Trinajstić information content (AvgIpc) is 3.69. The van der Waals surface area contributed by atoms with Crippen molar-refractivity contribution in [3.05, 3.63) is 0 Å².